The molecule has 0 fully saturated rings. The second-order valence-electron chi connectivity index (χ2n) is 7.46. The van der Waals surface area contributed by atoms with Crippen LogP contribution in [0.2, 0.25) is 5.02 Å². The minimum atomic E-state index is -0.646. The van der Waals surface area contributed by atoms with E-state index in [0.717, 1.165) is 16.5 Å². The van der Waals surface area contributed by atoms with Crippen molar-refractivity contribution in [3.8, 4) is 0 Å². The zero-order valence-corrected chi connectivity index (χ0v) is 20.1. The summed E-state index contributed by atoms with van der Waals surface area (Å²) in [6, 6.07) is 17.3. The molecule has 0 unspecified atom stereocenters. The molecule has 10 heteroatoms. The maximum Gasteiger partial charge on any atom is 0.288 e. The Bertz CT molecular complexity index is 1120. The van der Waals surface area contributed by atoms with E-state index in [1.807, 2.05) is 47.8 Å². The van der Waals surface area contributed by atoms with Gasteiger partial charge in [-0.25, -0.2) is 0 Å². The van der Waals surface area contributed by atoms with Gasteiger partial charge in [-0.05, 0) is 29.1 Å². The van der Waals surface area contributed by atoms with Crippen LogP contribution in [0.25, 0.3) is 0 Å². The van der Waals surface area contributed by atoms with Crippen molar-refractivity contribution in [1.29, 1.82) is 0 Å². The van der Waals surface area contributed by atoms with E-state index in [1.54, 1.807) is 16.2 Å². The van der Waals surface area contributed by atoms with Crippen LogP contribution >= 0.6 is 22.9 Å². The lowest BCUT2D eigenvalue weighted by Crippen LogP contribution is -2.43. The normalized spacial score (nSPS) is 10.6. The van der Waals surface area contributed by atoms with Crippen molar-refractivity contribution in [2.45, 2.75) is 13.1 Å². The Morgan fingerprint density at radius 2 is 1.82 bits per heavy atom. The lowest BCUT2D eigenvalue weighted by Gasteiger charge is -2.27. The van der Waals surface area contributed by atoms with Gasteiger partial charge in [0.05, 0.1) is 18.1 Å². The maximum atomic E-state index is 13.4. The van der Waals surface area contributed by atoms with Crippen LogP contribution in [0.3, 0.4) is 0 Å². The SMILES string of the molecule is COCCN(CC(=O)N(Cc1ccccc1)Cc1cccs1)C(=O)c1ccc(Cl)c([N+](=O)[O-])c1. The number of carbonyl (C=O) groups excluding carboxylic acids is 2. The molecule has 0 aliphatic carbocycles. The molecule has 2 amide bonds. The molecule has 0 aliphatic heterocycles. The van der Waals surface area contributed by atoms with Gasteiger partial charge in [-0.1, -0.05) is 48.0 Å². The van der Waals surface area contributed by atoms with Crippen molar-refractivity contribution in [2.75, 3.05) is 26.8 Å². The molecule has 34 heavy (non-hydrogen) atoms. The largest absolute Gasteiger partial charge is 0.383 e. The highest BCUT2D eigenvalue weighted by Gasteiger charge is 2.25. The van der Waals surface area contributed by atoms with Gasteiger partial charge in [0.15, 0.2) is 0 Å². The van der Waals surface area contributed by atoms with Crippen molar-refractivity contribution < 1.29 is 19.2 Å². The Balaban J connectivity index is 1.83. The average Bonchev–Trinajstić information content (AvgIpc) is 3.34. The number of benzene rings is 2. The Hall–Kier alpha value is -3.27. The number of methoxy groups -OCH3 is 1. The van der Waals surface area contributed by atoms with E-state index in [4.69, 9.17) is 16.3 Å². The van der Waals surface area contributed by atoms with Gasteiger partial charge in [0, 0.05) is 36.7 Å². The Labute approximate surface area is 206 Å². The second kappa shape index (κ2) is 12.3. The highest BCUT2D eigenvalue weighted by molar-refractivity contribution is 7.09. The average molecular weight is 502 g/mol. The van der Waals surface area contributed by atoms with Crippen LogP contribution in [0.5, 0.6) is 0 Å². The summed E-state index contributed by atoms with van der Waals surface area (Å²) in [6.07, 6.45) is 0. The smallest absolute Gasteiger partial charge is 0.288 e. The first-order valence-corrected chi connectivity index (χ1v) is 11.7. The molecule has 0 saturated carbocycles. The van der Waals surface area contributed by atoms with E-state index in [0.29, 0.717) is 13.1 Å². The molecular weight excluding hydrogens is 478 g/mol. The Morgan fingerprint density at radius 3 is 2.47 bits per heavy atom. The summed E-state index contributed by atoms with van der Waals surface area (Å²) in [6.45, 7) is 0.950. The summed E-state index contributed by atoms with van der Waals surface area (Å²) >= 11 is 7.43. The van der Waals surface area contributed by atoms with Crippen molar-refractivity contribution in [3.63, 3.8) is 0 Å². The molecule has 0 spiro atoms. The van der Waals surface area contributed by atoms with Gasteiger partial charge in [0.2, 0.25) is 5.91 Å². The molecule has 1 aromatic heterocycles. The van der Waals surface area contributed by atoms with E-state index in [9.17, 15) is 19.7 Å². The van der Waals surface area contributed by atoms with E-state index >= 15 is 0 Å². The summed E-state index contributed by atoms with van der Waals surface area (Å²) in [5, 5.41) is 13.1. The number of hydrogen-bond acceptors (Lipinski definition) is 6. The van der Waals surface area contributed by atoms with Gasteiger partial charge < -0.3 is 14.5 Å². The van der Waals surface area contributed by atoms with Crippen molar-refractivity contribution in [2.24, 2.45) is 0 Å². The number of nitro benzene ring substituents is 1. The third-order valence-corrected chi connectivity index (χ3v) is 6.24. The van der Waals surface area contributed by atoms with Crippen LogP contribution < -0.4 is 0 Å². The van der Waals surface area contributed by atoms with Crippen molar-refractivity contribution >= 4 is 40.4 Å². The van der Waals surface area contributed by atoms with Crippen LogP contribution in [0.1, 0.15) is 20.8 Å². The molecule has 0 atom stereocenters. The zero-order chi connectivity index (χ0) is 24.5. The van der Waals surface area contributed by atoms with E-state index in [2.05, 4.69) is 0 Å². The van der Waals surface area contributed by atoms with Crippen LogP contribution in [0, 0.1) is 10.1 Å². The molecular formula is C24H24ClN3O5S. The fourth-order valence-electron chi connectivity index (χ4n) is 3.31. The third-order valence-electron chi connectivity index (χ3n) is 5.06. The molecule has 0 radical (unpaired) electrons. The lowest BCUT2D eigenvalue weighted by atomic mass is 10.1. The molecule has 0 aliphatic rings. The predicted octanol–water partition coefficient (Wildman–Crippen LogP) is 4.63. The summed E-state index contributed by atoms with van der Waals surface area (Å²) < 4.78 is 5.12. The number of thiophene rings is 1. The van der Waals surface area contributed by atoms with Crippen molar-refractivity contribution in [3.05, 3.63) is 97.2 Å². The van der Waals surface area contributed by atoms with Gasteiger partial charge in [-0.15, -0.1) is 11.3 Å². The molecule has 3 aromatic rings. The number of ether oxygens (including phenoxy) is 1. The summed E-state index contributed by atoms with van der Waals surface area (Å²) in [5.41, 5.74) is 0.678. The molecule has 178 valence electrons. The highest BCUT2D eigenvalue weighted by Crippen LogP contribution is 2.26. The molecule has 2 aromatic carbocycles. The van der Waals surface area contributed by atoms with E-state index in [-0.39, 0.29) is 41.9 Å². The van der Waals surface area contributed by atoms with Crippen LogP contribution in [-0.4, -0.2) is 53.3 Å². The van der Waals surface area contributed by atoms with Gasteiger partial charge >= 0.3 is 0 Å². The minimum absolute atomic E-state index is 0.0638. The number of rotatable bonds is 11. The quantitative estimate of drug-likeness (QED) is 0.282. The zero-order valence-electron chi connectivity index (χ0n) is 18.6. The number of amides is 2. The minimum Gasteiger partial charge on any atom is -0.383 e. The summed E-state index contributed by atoms with van der Waals surface area (Å²) in [4.78, 5) is 41.2. The fraction of sp³-hybridized carbons (Fsp3) is 0.250. The first kappa shape index (κ1) is 25.4. The Kier molecular flexibility index (Phi) is 9.15. The second-order valence-corrected chi connectivity index (χ2v) is 8.90. The van der Waals surface area contributed by atoms with Gasteiger partial charge in [-0.2, -0.15) is 0 Å². The number of nitro groups is 1. The molecule has 0 bridgehead atoms. The number of halogens is 1. The molecule has 0 saturated heterocycles. The van der Waals surface area contributed by atoms with Crippen LogP contribution in [-0.2, 0) is 22.6 Å². The first-order chi connectivity index (χ1) is 16.4. The topological polar surface area (TPSA) is 93.0 Å². The maximum absolute atomic E-state index is 13.4. The van der Waals surface area contributed by atoms with Crippen molar-refractivity contribution in [1.82, 2.24) is 9.80 Å². The number of carbonyl (C=O) groups is 2. The van der Waals surface area contributed by atoms with Gasteiger partial charge in [0.25, 0.3) is 11.6 Å². The third kappa shape index (κ3) is 6.86. The van der Waals surface area contributed by atoms with Gasteiger partial charge in [-0.3, -0.25) is 19.7 Å². The van der Waals surface area contributed by atoms with E-state index in [1.165, 1.54) is 24.1 Å². The summed E-state index contributed by atoms with van der Waals surface area (Å²) in [5.74, 6) is -0.758. The summed E-state index contributed by atoms with van der Waals surface area (Å²) in [7, 11) is 1.50. The van der Waals surface area contributed by atoms with Crippen LogP contribution in [0.4, 0.5) is 5.69 Å². The van der Waals surface area contributed by atoms with Gasteiger partial charge in [0.1, 0.15) is 11.6 Å². The monoisotopic (exact) mass is 501 g/mol. The first-order valence-electron chi connectivity index (χ1n) is 10.4. The lowest BCUT2D eigenvalue weighted by molar-refractivity contribution is -0.384. The standard InChI is InChI=1S/C24H24ClN3O5S/c1-33-12-11-26(24(30)19-9-10-21(25)22(14-19)28(31)32)17-23(29)27(16-20-8-5-13-34-20)15-18-6-3-2-4-7-18/h2-10,13-14H,11-12,15-17H2,1H3. The number of hydrogen-bond donors (Lipinski definition) is 0. The predicted molar refractivity (Wildman–Crippen MR) is 131 cm³/mol. The molecule has 3 rings (SSSR count). The van der Waals surface area contributed by atoms with E-state index < -0.39 is 10.8 Å². The molecule has 0 N–H and O–H groups in total. The number of nitrogens with zero attached hydrogens (tertiary/aromatic N) is 3. The fourth-order valence-corrected chi connectivity index (χ4v) is 4.22. The molecule has 1 heterocycles. The Morgan fingerprint density at radius 1 is 1.06 bits per heavy atom. The molecule has 8 nitrogen and oxygen atoms in total. The van der Waals surface area contributed by atoms with Crippen LogP contribution in [0.15, 0.2) is 66.0 Å². The highest BCUT2D eigenvalue weighted by atomic mass is 35.5.